The van der Waals surface area contributed by atoms with Crippen LogP contribution in [-0.2, 0) is 25.3 Å². The first-order valence-electron chi connectivity index (χ1n) is 7.08. The number of imide groups is 1. The molecule has 124 valence electrons. The van der Waals surface area contributed by atoms with E-state index in [0.717, 1.165) is 4.90 Å². The second-order valence-corrected chi connectivity index (χ2v) is 7.44. The number of halogens is 1. The number of amides is 2. The lowest BCUT2D eigenvalue weighted by Crippen LogP contribution is -2.42. The Morgan fingerprint density at radius 1 is 1.26 bits per heavy atom. The van der Waals surface area contributed by atoms with Crippen LogP contribution in [0, 0.1) is 5.82 Å². The smallest absolute Gasteiger partial charge is 0.417 e. The minimum Gasteiger partial charge on any atom is -0.439 e. The number of nitrogens with zero attached hydrogens (tertiary/aromatic N) is 2. The van der Waals surface area contributed by atoms with Gasteiger partial charge < -0.3 is 4.74 Å². The Hall–Kier alpha value is -2.00. The zero-order valence-electron chi connectivity index (χ0n) is 12.1. The van der Waals surface area contributed by atoms with Crippen LogP contribution in [0.15, 0.2) is 24.3 Å². The van der Waals surface area contributed by atoms with Crippen LogP contribution in [0.3, 0.4) is 0 Å². The largest absolute Gasteiger partial charge is 0.439 e. The number of hydrogen-bond donors (Lipinski definition) is 0. The molecule has 2 aliphatic rings. The highest BCUT2D eigenvalue weighted by Gasteiger charge is 2.42. The molecule has 1 unspecified atom stereocenters. The summed E-state index contributed by atoms with van der Waals surface area (Å²) in [5.41, 5.74) is 0.0904. The third kappa shape index (κ3) is 3.06. The molecule has 23 heavy (non-hydrogen) atoms. The third-order valence-corrected chi connectivity index (χ3v) is 5.76. The Labute approximate surface area is 132 Å². The molecule has 2 aliphatic heterocycles. The lowest BCUT2D eigenvalue weighted by atomic mass is 10.2. The normalized spacial score (nSPS) is 22.7. The molecule has 0 saturated carbocycles. The van der Waals surface area contributed by atoms with Gasteiger partial charge in [-0.1, -0.05) is 18.2 Å². The van der Waals surface area contributed by atoms with Gasteiger partial charge in [0.1, 0.15) is 5.82 Å². The molecule has 2 fully saturated rings. The maximum absolute atomic E-state index is 13.6. The molecule has 2 heterocycles. The summed E-state index contributed by atoms with van der Waals surface area (Å²) in [4.78, 5) is 24.1. The van der Waals surface area contributed by atoms with Crippen LogP contribution >= 0.6 is 0 Å². The molecule has 1 aromatic rings. The molecule has 2 saturated heterocycles. The van der Waals surface area contributed by atoms with Crippen LogP contribution in [0.2, 0.25) is 0 Å². The fourth-order valence-electron chi connectivity index (χ4n) is 2.79. The van der Waals surface area contributed by atoms with Crippen LogP contribution in [-0.4, -0.2) is 55.4 Å². The van der Waals surface area contributed by atoms with Crippen molar-refractivity contribution < 1.29 is 27.1 Å². The molecule has 1 atom stereocenters. The van der Waals surface area contributed by atoms with Gasteiger partial charge in [-0.25, -0.2) is 22.5 Å². The van der Waals surface area contributed by atoms with Crippen molar-refractivity contribution in [3.8, 4) is 0 Å². The van der Waals surface area contributed by atoms with Crippen LogP contribution in [0.5, 0.6) is 0 Å². The Bertz CT molecular complexity index is 735. The van der Waals surface area contributed by atoms with E-state index in [1.165, 1.54) is 22.5 Å². The molecular formula is C14H15FN2O5S. The summed E-state index contributed by atoms with van der Waals surface area (Å²) >= 11 is 0. The van der Waals surface area contributed by atoms with Gasteiger partial charge in [-0.15, -0.1) is 0 Å². The highest BCUT2D eigenvalue weighted by Crippen LogP contribution is 2.24. The Morgan fingerprint density at radius 2 is 2.00 bits per heavy atom. The van der Waals surface area contributed by atoms with E-state index in [1.54, 1.807) is 6.07 Å². The summed E-state index contributed by atoms with van der Waals surface area (Å²) < 4.78 is 44.3. The molecule has 0 bridgehead atoms. The maximum atomic E-state index is 13.6. The number of carbonyl (C=O) groups is 2. The van der Waals surface area contributed by atoms with Crippen molar-refractivity contribution in [1.82, 2.24) is 9.21 Å². The molecule has 0 aromatic heterocycles. The van der Waals surface area contributed by atoms with E-state index in [0.29, 0.717) is 6.42 Å². The van der Waals surface area contributed by atoms with Crippen molar-refractivity contribution in [2.45, 2.75) is 18.2 Å². The van der Waals surface area contributed by atoms with Crippen molar-refractivity contribution in [1.29, 1.82) is 0 Å². The number of ether oxygens (including phenoxy) is 1. The first kappa shape index (κ1) is 15.9. The minimum absolute atomic E-state index is 0.0115. The average Bonchev–Trinajstić information content (AvgIpc) is 3.09. The van der Waals surface area contributed by atoms with Crippen LogP contribution < -0.4 is 0 Å². The Balaban J connectivity index is 1.72. The molecule has 0 aliphatic carbocycles. The zero-order chi connectivity index (χ0) is 16.6. The molecular weight excluding hydrogens is 327 g/mol. The van der Waals surface area contributed by atoms with Crippen molar-refractivity contribution in [3.05, 3.63) is 35.6 Å². The highest BCUT2D eigenvalue weighted by molar-refractivity contribution is 7.88. The van der Waals surface area contributed by atoms with Crippen LogP contribution in [0.1, 0.15) is 12.0 Å². The van der Waals surface area contributed by atoms with Crippen molar-refractivity contribution in [2.24, 2.45) is 0 Å². The summed E-state index contributed by atoms with van der Waals surface area (Å²) in [7, 11) is -3.73. The molecule has 0 N–H and O–H groups in total. The maximum Gasteiger partial charge on any atom is 0.417 e. The van der Waals surface area contributed by atoms with E-state index in [9.17, 15) is 22.4 Å². The molecule has 2 amide bonds. The molecule has 9 heteroatoms. The van der Waals surface area contributed by atoms with Gasteiger partial charge in [0.15, 0.2) is 6.61 Å². The number of carbonyl (C=O) groups excluding carboxylic acids is 2. The van der Waals surface area contributed by atoms with E-state index in [2.05, 4.69) is 4.74 Å². The predicted molar refractivity (Wildman–Crippen MR) is 77.2 cm³/mol. The quantitative estimate of drug-likeness (QED) is 0.805. The second kappa shape index (κ2) is 5.89. The zero-order valence-corrected chi connectivity index (χ0v) is 13.0. The second-order valence-electron chi connectivity index (χ2n) is 5.47. The van der Waals surface area contributed by atoms with Gasteiger partial charge in [-0.3, -0.25) is 4.79 Å². The first-order chi connectivity index (χ1) is 10.9. The topological polar surface area (TPSA) is 84.0 Å². The van der Waals surface area contributed by atoms with Gasteiger partial charge in [-0.05, 0) is 12.5 Å². The van der Waals surface area contributed by atoms with Crippen LogP contribution in [0.4, 0.5) is 9.18 Å². The van der Waals surface area contributed by atoms with Crippen molar-refractivity contribution >= 4 is 22.0 Å². The summed E-state index contributed by atoms with van der Waals surface area (Å²) in [5, 5.41) is 0. The molecule has 1 aromatic carbocycles. The number of rotatable bonds is 4. The SMILES string of the molecule is O=C1COC(=O)N1C1CCN(S(=O)(=O)Cc2ccccc2F)C1. The Kier molecular flexibility index (Phi) is 4.07. The van der Waals surface area contributed by atoms with E-state index in [4.69, 9.17) is 0 Å². The third-order valence-electron chi connectivity index (χ3n) is 3.96. The Morgan fingerprint density at radius 3 is 2.65 bits per heavy atom. The van der Waals surface area contributed by atoms with E-state index in [1.807, 2.05) is 0 Å². The highest BCUT2D eigenvalue weighted by atomic mass is 32.2. The summed E-state index contributed by atoms with van der Waals surface area (Å²) in [6.45, 7) is -0.118. The van der Waals surface area contributed by atoms with Gasteiger partial charge in [0, 0.05) is 18.7 Å². The van der Waals surface area contributed by atoms with Gasteiger partial charge in [0.2, 0.25) is 10.0 Å². The van der Waals surface area contributed by atoms with Crippen molar-refractivity contribution in [3.63, 3.8) is 0 Å². The van der Waals surface area contributed by atoms with Crippen molar-refractivity contribution in [2.75, 3.05) is 19.7 Å². The van der Waals surface area contributed by atoms with Gasteiger partial charge >= 0.3 is 6.09 Å². The first-order valence-corrected chi connectivity index (χ1v) is 8.69. The van der Waals surface area contributed by atoms with Gasteiger partial charge in [0.25, 0.3) is 5.91 Å². The molecule has 0 spiro atoms. The number of hydrogen-bond acceptors (Lipinski definition) is 5. The summed E-state index contributed by atoms with van der Waals surface area (Å²) in [5.74, 6) is -1.50. The van der Waals surface area contributed by atoms with Gasteiger partial charge in [-0.2, -0.15) is 4.31 Å². The minimum atomic E-state index is -3.73. The molecule has 7 nitrogen and oxygen atoms in total. The van der Waals surface area contributed by atoms with Crippen LogP contribution in [0.25, 0.3) is 0 Å². The number of sulfonamides is 1. The lowest BCUT2D eigenvalue weighted by molar-refractivity contribution is -0.127. The van der Waals surface area contributed by atoms with E-state index in [-0.39, 0.29) is 25.3 Å². The van der Waals surface area contributed by atoms with E-state index >= 15 is 0 Å². The monoisotopic (exact) mass is 342 g/mol. The standard InChI is InChI=1S/C14H15FN2O5S/c15-12-4-2-1-3-10(12)9-23(20,21)16-6-5-11(7-16)17-13(18)8-22-14(17)19/h1-4,11H,5-9H2. The molecule has 3 rings (SSSR count). The van der Waals surface area contributed by atoms with E-state index < -0.39 is 39.6 Å². The fraction of sp³-hybridized carbons (Fsp3) is 0.429. The summed E-state index contributed by atoms with van der Waals surface area (Å²) in [6, 6.07) is 5.15. The van der Waals surface area contributed by atoms with Gasteiger partial charge in [0.05, 0.1) is 11.8 Å². The lowest BCUT2D eigenvalue weighted by Gasteiger charge is -2.20. The fourth-order valence-corrected chi connectivity index (χ4v) is 4.39. The molecule has 0 radical (unpaired) electrons. The predicted octanol–water partition coefficient (Wildman–Crippen LogP) is 0.709. The average molecular weight is 342 g/mol. The summed E-state index contributed by atoms with van der Waals surface area (Å²) in [6.07, 6.45) is -0.398. The number of cyclic esters (lactones) is 1. The number of benzene rings is 1.